The van der Waals surface area contributed by atoms with Crippen LogP contribution in [0, 0.1) is 0 Å². The molecular weight excluding hydrogens is 202 g/mol. The van der Waals surface area contributed by atoms with Crippen LogP contribution in [0.3, 0.4) is 0 Å². The molecule has 0 amide bonds. The maximum atomic E-state index is 9.01. The Morgan fingerprint density at radius 1 is 1.44 bits per heavy atom. The Hall–Kier alpha value is -1.06. The number of aliphatic hydroxyl groups is 1. The van der Waals surface area contributed by atoms with Crippen LogP contribution < -0.4 is 10.5 Å². The van der Waals surface area contributed by atoms with Crippen LogP contribution in [0.25, 0.3) is 0 Å². The van der Waals surface area contributed by atoms with E-state index in [1.807, 2.05) is 18.2 Å². The predicted octanol–water partition coefficient (Wildman–Crippen LogP) is 1.90. The normalized spacial score (nSPS) is 14.9. The zero-order valence-electron chi connectivity index (χ0n) is 10.2. The molecule has 1 unspecified atom stereocenters. The van der Waals surface area contributed by atoms with Gasteiger partial charge in [-0.05, 0) is 30.5 Å². The molecule has 0 radical (unpaired) electrons. The predicted molar refractivity (Wildman–Crippen MR) is 65.7 cm³/mol. The summed E-state index contributed by atoms with van der Waals surface area (Å²) in [5.74, 6) is 1.28. The van der Waals surface area contributed by atoms with Crippen LogP contribution in [-0.4, -0.2) is 23.9 Å². The number of ether oxygens (including phenoxy) is 1. The first-order valence-corrected chi connectivity index (χ1v) is 5.57. The minimum absolute atomic E-state index is 0.0864. The Balaban J connectivity index is 2.64. The van der Waals surface area contributed by atoms with Crippen molar-refractivity contribution in [3.8, 4) is 5.75 Å². The third-order valence-corrected chi connectivity index (χ3v) is 2.45. The van der Waals surface area contributed by atoms with Crippen LogP contribution in [0.4, 0.5) is 0 Å². The van der Waals surface area contributed by atoms with Crippen LogP contribution in [0.2, 0.25) is 0 Å². The third-order valence-electron chi connectivity index (χ3n) is 2.45. The van der Waals surface area contributed by atoms with E-state index in [1.54, 1.807) is 6.92 Å². The van der Waals surface area contributed by atoms with Gasteiger partial charge in [-0.25, -0.2) is 0 Å². The van der Waals surface area contributed by atoms with Gasteiger partial charge in [0.2, 0.25) is 0 Å². The average Bonchev–Trinajstić information content (AvgIpc) is 2.27. The van der Waals surface area contributed by atoms with Gasteiger partial charge in [0, 0.05) is 0 Å². The molecule has 0 fully saturated rings. The van der Waals surface area contributed by atoms with E-state index >= 15 is 0 Å². The van der Waals surface area contributed by atoms with Crippen molar-refractivity contribution in [1.82, 2.24) is 0 Å². The fraction of sp³-hybridized carbons (Fsp3) is 0.538. The first kappa shape index (κ1) is 13.0. The van der Waals surface area contributed by atoms with Crippen molar-refractivity contribution in [1.29, 1.82) is 0 Å². The van der Waals surface area contributed by atoms with Gasteiger partial charge >= 0.3 is 0 Å². The maximum Gasteiger partial charge on any atom is 0.119 e. The van der Waals surface area contributed by atoms with Gasteiger partial charge in [0.25, 0.3) is 0 Å². The highest BCUT2D eigenvalue weighted by Gasteiger charge is 2.17. The Morgan fingerprint density at radius 2 is 2.12 bits per heavy atom. The Labute approximate surface area is 97.2 Å². The summed E-state index contributed by atoms with van der Waals surface area (Å²) in [4.78, 5) is 0. The molecule has 1 aromatic rings. The van der Waals surface area contributed by atoms with Gasteiger partial charge in [0.15, 0.2) is 0 Å². The minimum Gasteiger partial charge on any atom is -0.492 e. The molecule has 1 aromatic carbocycles. The summed E-state index contributed by atoms with van der Waals surface area (Å²) < 4.78 is 5.57. The molecule has 1 atom stereocenters. The van der Waals surface area contributed by atoms with E-state index in [9.17, 15) is 0 Å². The molecule has 0 aliphatic heterocycles. The zero-order chi connectivity index (χ0) is 12.2. The summed E-state index contributed by atoms with van der Waals surface area (Å²) in [7, 11) is 0. The molecular formula is C13H21NO2. The number of benzene rings is 1. The molecule has 0 aliphatic carbocycles. The van der Waals surface area contributed by atoms with Gasteiger partial charge < -0.3 is 15.6 Å². The largest absolute Gasteiger partial charge is 0.492 e. The third kappa shape index (κ3) is 3.83. The summed E-state index contributed by atoms with van der Waals surface area (Å²) in [6.07, 6.45) is 0. The van der Waals surface area contributed by atoms with E-state index in [2.05, 4.69) is 19.9 Å². The molecule has 3 nitrogen and oxygen atoms in total. The first-order valence-electron chi connectivity index (χ1n) is 5.57. The lowest BCUT2D eigenvalue weighted by Gasteiger charge is -2.22. The summed E-state index contributed by atoms with van der Waals surface area (Å²) in [5, 5.41) is 9.01. The SMILES string of the molecule is CC(C)c1cccc(OCC(C)(N)CO)c1. The van der Waals surface area contributed by atoms with Gasteiger partial charge in [-0.2, -0.15) is 0 Å². The van der Waals surface area contributed by atoms with Crippen molar-refractivity contribution >= 4 is 0 Å². The maximum absolute atomic E-state index is 9.01. The van der Waals surface area contributed by atoms with Crippen molar-refractivity contribution < 1.29 is 9.84 Å². The van der Waals surface area contributed by atoms with Crippen molar-refractivity contribution in [2.24, 2.45) is 5.73 Å². The quantitative estimate of drug-likeness (QED) is 0.801. The first-order chi connectivity index (χ1) is 7.44. The molecule has 0 saturated heterocycles. The van der Waals surface area contributed by atoms with Crippen LogP contribution in [0.1, 0.15) is 32.3 Å². The highest BCUT2D eigenvalue weighted by atomic mass is 16.5. The molecule has 3 heteroatoms. The van der Waals surface area contributed by atoms with Crippen LogP contribution in [0.15, 0.2) is 24.3 Å². The lowest BCUT2D eigenvalue weighted by atomic mass is 10.0. The van der Waals surface area contributed by atoms with E-state index in [4.69, 9.17) is 15.6 Å². The van der Waals surface area contributed by atoms with E-state index < -0.39 is 5.54 Å². The molecule has 0 heterocycles. The number of rotatable bonds is 5. The number of hydrogen-bond donors (Lipinski definition) is 2. The average molecular weight is 223 g/mol. The van der Waals surface area contributed by atoms with Gasteiger partial charge in [0.1, 0.15) is 12.4 Å². The molecule has 1 rings (SSSR count). The summed E-state index contributed by atoms with van der Waals surface area (Å²) in [6, 6.07) is 7.96. The molecule has 16 heavy (non-hydrogen) atoms. The molecule has 0 spiro atoms. The van der Waals surface area contributed by atoms with Crippen LogP contribution in [0.5, 0.6) is 5.75 Å². The smallest absolute Gasteiger partial charge is 0.119 e. The second kappa shape index (κ2) is 5.32. The van der Waals surface area contributed by atoms with E-state index in [-0.39, 0.29) is 6.61 Å². The van der Waals surface area contributed by atoms with Crippen molar-refractivity contribution in [2.75, 3.05) is 13.2 Å². The van der Waals surface area contributed by atoms with E-state index in [1.165, 1.54) is 5.56 Å². The topological polar surface area (TPSA) is 55.5 Å². The van der Waals surface area contributed by atoms with Gasteiger partial charge in [-0.1, -0.05) is 26.0 Å². The Morgan fingerprint density at radius 3 is 2.69 bits per heavy atom. The fourth-order valence-corrected chi connectivity index (χ4v) is 1.26. The molecule has 3 N–H and O–H groups in total. The number of hydrogen-bond acceptors (Lipinski definition) is 3. The van der Waals surface area contributed by atoms with Gasteiger partial charge in [-0.3, -0.25) is 0 Å². The standard InChI is InChI=1S/C13H21NO2/c1-10(2)11-5-4-6-12(7-11)16-9-13(3,14)8-15/h4-7,10,15H,8-9,14H2,1-3H3. The highest BCUT2D eigenvalue weighted by Crippen LogP contribution is 2.20. The fourth-order valence-electron chi connectivity index (χ4n) is 1.26. The Bertz CT molecular complexity index is 334. The second-order valence-corrected chi connectivity index (χ2v) is 4.83. The highest BCUT2D eigenvalue weighted by molar-refractivity contribution is 5.30. The van der Waals surface area contributed by atoms with Crippen LogP contribution >= 0.6 is 0 Å². The zero-order valence-corrected chi connectivity index (χ0v) is 10.2. The van der Waals surface area contributed by atoms with E-state index in [0.717, 1.165) is 5.75 Å². The van der Waals surface area contributed by atoms with E-state index in [0.29, 0.717) is 12.5 Å². The molecule has 0 aliphatic rings. The summed E-state index contributed by atoms with van der Waals surface area (Å²) in [6.45, 7) is 6.26. The molecule has 90 valence electrons. The van der Waals surface area contributed by atoms with Crippen LogP contribution in [-0.2, 0) is 0 Å². The molecule has 0 saturated carbocycles. The minimum atomic E-state index is -0.687. The monoisotopic (exact) mass is 223 g/mol. The lowest BCUT2D eigenvalue weighted by Crippen LogP contribution is -2.45. The second-order valence-electron chi connectivity index (χ2n) is 4.83. The van der Waals surface area contributed by atoms with Crippen molar-refractivity contribution in [3.05, 3.63) is 29.8 Å². The van der Waals surface area contributed by atoms with Gasteiger partial charge in [-0.15, -0.1) is 0 Å². The molecule has 0 bridgehead atoms. The Kier molecular flexibility index (Phi) is 4.33. The lowest BCUT2D eigenvalue weighted by molar-refractivity contribution is 0.146. The number of nitrogens with two attached hydrogens (primary N) is 1. The van der Waals surface area contributed by atoms with Gasteiger partial charge in [0.05, 0.1) is 12.1 Å². The summed E-state index contributed by atoms with van der Waals surface area (Å²) in [5.41, 5.74) is 6.34. The summed E-state index contributed by atoms with van der Waals surface area (Å²) >= 11 is 0. The molecule has 0 aromatic heterocycles. The van der Waals surface area contributed by atoms with Crippen molar-refractivity contribution in [3.63, 3.8) is 0 Å². The van der Waals surface area contributed by atoms with Crippen molar-refractivity contribution in [2.45, 2.75) is 32.2 Å². The number of aliphatic hydroxyl groups excluding tert-OH is 1.